The first-order valence-corrected chi connectivity index (χ1v) is 12.7. The van der Waals surface area contributed by atoms with E-state index in [1.54, 1.807) is 0 Å². The Kier molecular flexibility index (Phi) is 7.34. The zero-order valence-corrected chi connectivity index (χ0v) is 20.6. The maximum absolute atomic E-state index is 13.0. The van der Waals surface area contributed by atoms with Gasteiger partial charge in [-0.2, -0.15) is 31.0 Å². The van der Waals surface area contributed by atoms with E-state index in [1.165, 1.54) is 55.6 Å². The summed E-state index contributed by atoms with van der Waals surface area (Å²) >= 11 is 0. The van der Waals surface area contributed by atoms with Crippen LogP contribution in [0.5, 0.6) is 11.5 Å². The second-order valence-electron chi connectivity index (χ2n) is 8.07. The van der Waals surface area contributed by atoms with E-state index in [0.29, 0.717) is 10.2 Å². The third-order valence-electron chi connectivity index (χ3n) is 5.23. The zero-order valence-electron chi connectivity index (χ0n) is 19.8. The van der Waals surface area contributed by atoms with Gasteiger partial charge in [-0.25, -0.2) is 22.6 Å². The van der Waals surface area contributed by atoms with Gasteiger partial charge in [0.05, 0.1) is 11.9 Å². The van der Waals surface area contributed by atoms with E-state index in [4.69, 9.17) is 0 Å². The van der Waals surface area contributed by atoms with E-state index < -0.39 is 41.1 Å². The van der Waals surface area contributed by atoms with Crippen LogP contribution in [-0.2, 0) is 9.84 Å². The summed E-state index contributed by atoms with van der Waals surface area (Å²) in [4.78, 5) is 16.8. The van der Waals surface area contributed by atoms with Crippen molar-refractivity contribution in [2.24, 2.45) is 0 Å². The number of aromatic nitrogens is 4. The van der Waals surface area contributed by atoms with Gasteiger partial charge < -0.3 is 9.47 Å². The molecule has 0 atom stereocenters. The third-order valence-corrected chi connectivity index (χ3v) is 6.96. The summed E-state index contributed by atoms with van der Waals surface area (Å²) in [5.41, 5.74) is -0.261. The van der Waals surface area contributed by atoms with Gasteiger partial charge in [0, 0.05) is 11.8 Å². The first kappa shape index (κ1) is 27.9. The molecular formula is C23H18F6N4O5S. The molecule has 0 unspecified atom stereocenters. The molecule has 3 aromatic heterocycles. The summed E-state index contributed by atoms with van der Waals surface area (Å²) in [6.45, 7) is -1.70. The third kappa shape index (κ3) is 6.50. The standard InChI is InChI=1S/C23H18F6N4O5S/c1-2-39(35,36)18-9-15(14-3-5-16(6-4-14)37-12-22(24,25)26)10-30-20(18)33-21(34)32-11-17(7-8-19(32)31-33)38-13-23(27,28)29/h3-11H,2,12-13H2,1H3. The van der Waals surface area contributed by atoms with Crippen molar-refractivity contribution in [3.63, 3.8) is 0 Å². The molecule has 4 rings (SSSR count). The number of hydrogen-bond acceptors (Lipinski definition) is 7. The summed E-state index contributed by atoms with van der Waals surface area (Å²) in [6, 6.07) is 8.98. The molecule has 0 fully saturated rings. The molecule has 4 aromatic rings. The number of halogens is 6. The number of rotatable bonds is 8. The van der Waals surface area contributed by atoms with Crippen LogP contribution in [0.15, 0.2) is 64.5 Å². The van der Waals surface area contributed by atoms with Gasteiger partial charge in [0.1, 0.15) is 16.4 Å². The van der Waals surface area contributed by atoms with Crippen LogP contribution in [0, 0.1) is 0 Å². The van der Waals surface area contributed by atoms with Crippen LogP contribution in [0.3, 0.4) is 0 Å². The van der Waals surface area contributed by atoms with Crippen LogP contribution in [-0.4, -0.2) is 58.9 Å². The first-order chi connectivity index (χ1) is 18.2. The minimum atomic E-state index is -4.60. The molecule has 0 aliphatic carbocycles. The van der Waals surface area contributed by atoms with Gasteiger partial charge >= 0.3 is 18.0 Å². The molecule has 0 spiro atoms. The van der Waals surface area contributed by atoms with E-state index in [2.05, 4.69) is 19.6 Å². The topological polar surface area (TPSA) is 105 Å². The molecule has 0 N–H and O–H groups in total. The summed E-state index contributed by atoms with van der Waals surface area (Å²) in [6.07, 6.45) is -6.90. The predicted octanol–water partition coefficient (Wildman–Crippen LogP) is 4.22. The number of sulfone groups is 1. The van der Waals surface area contributed by atoms with E-state index in [0.717, 1.165) is 10.6 Å². The smallest absolute Gasteiger partial charge is 0.422 e. The Morgan fingerprint density at radius 2 is 1.46 bits per heavy atom. The second kappa shape index (κ2) is 10.2. The van der Waals surface area contributed by atoms with Gasteiger partial charge in [0.15, 0.2) is 34.5 Å². The number of ether oxygens (including phenoxy) is 2. The highest BCUT2D eigenvalue weighted by Gasteiger charge is 2.29. The van der Waals surface area contributed by atoms with Crippen molar-refractivity contribution in [1.82, 2.24) is 19.2 Å². The Labute approximate surface area is 216 Å². The predicted molar refractivity (Wildman–Crippen MR) is 125 cm³/mol. The Morgan fingerprint density at radius 3 is 2.05 bits per heavy atom. The first-order valence-electron chi connectivity index (χ1n) is 11.0. The fraction of sp³-hybridized carbons (Fsp3) is 0.261. The average Bonchev–Trinajstić information content (AvgIpc) is 3.21. The van der Waals surface area contributed by atoms with Crippen LogP contribution < -0.4 is 15.2 Å². The number of pyridine rings is 2. The lowest BCUT2D eigenvalue weighted by Gasteiger charge is -2.12. The van der Waals surface area contributed by atoms with Crippen molar-refractivity contribution >= 4 is 15.5 Å². The van der Waals surface area contributed by atoms with Crippen molar-refractivity contribution in [1.29, 1.82) is 0 Å². The van der Waals surface area contributed by atoms with Gasteiger partial charge in [0.25, 0.3) is 0 Å². The zero-order chi connectivity index (χ0) is 28.6. The van der Waals surface area contributed by atoms with Gasteiger partial charge in [-0.1, -0.05) is 19.1 Å². The molecule has 0 aliphatic heterocycles. The van der Waals surface area contributed by atoms with Gasteiger partial charge in [-0.15, -0.1) is 5.10 Å². The molecule has 3 heterocycles. The molecule has 0 radical (unpaired) electrons. The Morgan fingerprint density at radius 1 is 0.872 bits per heavy atom. The lowest BCUT2D eigenvalue weighted by molar-refractivity contribution is -0.154. The Bertz CT molecular complexity index is 1660. The Hall–Kier alpha value is -4.08. The van der Waals surface area contributed by atoms with E-state index in [9.17, 15) is 39.6 Å². The van der Waals surface area contributed by atoms with Gasteiger partial charge in [0.2, 0.25) is 0 Å². The summed E-state index contributed by atoms with van der Waals surface area (Å²) in [7, 11) is -4.00. The minimum absolute atomic E-state index is 0.0143. The van der Waals surface area contributed by atoms with Crippen LogP contribution in [0.25, 0.3) is 22.6 Å². The van der Waals surface area contributed by atoms with Crippen LogP contribution in [0.1, 0.15) is 6.92 Å². The van der Waals surface area contributed by atoms with Crippen molar-refractivity contribution in [3.05, 3.63) is 65.3 Å². The van der Waals surface area contributed by atoms with Crippen molar-refractivity contribution in [3.8, 4) is 28.4 Å². The fourth-order valence-electron chi connectivity index (χ4n) is 3.39. The lowest BCUT2D eigenvalue weighted by Crippen LogP contribution is -2.23. The van der Waals surface area contributed by atoms with E-state index >= 15 is 0 Å². The highest BCUT2D eigenvalue weighted by Crippen LogP contribution is 2.28. The van der Waals surface area contributed by atoms with Gasteiger partial charge in [-0.3, -0.25) is 0 Å². The molecule has 208 valence electrons. The number of fused-ring (bicyclic) bond motifs is 1. The highest BCUT2D eigenvalue weighted by molar-refractivity contribution is 7.91. The normalized spacial score (nSPS) is 12.6. The van der Waals surface area contributed by atoms with Crippen LogP contribution in [0.2, 0.25) is 0 Å². The molecule has 0 saturated carbocycles. The molecule has 1 aromatic carbocycles. The minimum Gasteiger partial charge on any atom is -0.484 e. The fourth-order valence-corrected chi connectivity index (χ4v) is 4.43. The highest BCUT2D eigenvalue weighted by atomic mass is 32.2. The van der Waals surface area contributed by atoms with Gasteiger partial charge in [-0.05, 0) is 35.9 Å². The SMILES string of the molecule is CCS(=O)(=O)c1cc(-c2ccc(OCC(F)(F)F)cc2)cnc1-n1nc2ccc(OCC(F)(F)F)cn2c1=O. The van der Waals surface area contributed by atoms with Crippen molar-refractivity contribution in [2.75, 3.05) is 19.0 Å². The van der Waals surface area contributed by atoms with Crippen molar-refractivity contribution < 1.29 is 44.2 Å². The van der Waals surface area contributed by atoms with Crippen LogP contribution in [0.4, 0.5) is 26.3 Å². The second-order valence-corrected chi connectivity index (χ2v) is 10.3. The molecule has 0 aliphatic rings. The summed E-state index contributed by atoms with van der Waals surface area (Å²) in [5.74, 6) is -1.05. The largest absolute Gasteiger partial charge is 0.484 e. The van der Waals surface area contributed by atoms with Crippen LogP contribution >= 0.6 is 0 Å². The molecule has 0 saturated heterocycles. The lowest BCUT2D eigenvalue weighted by atomic mass is 10.1. The average molecular weight is 576 g/mol. The number of hydrogen-bond donors (Lipinski definition) is 0. The van der Waals surface area contributed by atoms with E-state index in [1.807, 2.05) is 0 Å². The molecular weight excluding hydrogens is 558 g/mol. The molecule has 0 amide bonds. The maximum atomic E-state index is 13.0. The Balaban J connectivity index is 1.73. The summed E-state index contributed by atoms with van der Waals surface area (Å²) in [5, 5.41) is 4.05. The molecule has 16 heteroatoms. The van der Waals surface area contributed by atoms with E-state index in [-0.39, 0.29) is 39.2 Å². The molecule has 0 bridgehead atoms. The quantitative estimate of drug-likeness (QED) is 0.289. The number of nitrogens with zero attached hydrogens (tertiary/aromatic N) is 4. The maximum Gasteiger partial charge on any atom is 0.422 e. The molecule has 9 nitrogen and oxygen atoms in total. The molecule has 39 heavy (non-hydrogen) atoms. The summed E-state index contributed by atoms with van der Waals surface area (Å²) < 4.78 is 111. The number of alkyl halides is 6. The number of benzene rings is 1. The van der Waals surface area contributed by atoms with Crippen molar-refractivity contribution in [2.45, 2.75) is 24.2 Å². The monoisotopic (exact) mass is 576 g/mol.